The zero-order valence-corrected chi connectivity index (χ0v) is 9.75. The quantitative estimate of drug-likeness (QED) is 0.741. The Bertz CT molecular complexity index is 570. The first kappa shape index (κ1) is 10.9. The molecule has 1 heterocycles. The summed E-state index contributed by atoms with van der Waals surface area (Å²) in [5.74, 6) is 0. The molecule has 0 aliphatic carbocycles. The average Bonchev–Trinajstić information content (AvgIpc) is 2.30. The molecule has 0 bridgehead atoms. The summed E-state index contributed by atoms with van der Waals surface area (Å²) >= 11 is 6.05. The summed E-state index contributed by atoms with van der Waals surface area (Å²) in [5.41, 5.74) is 2.92. The summed E-state index contributed by atoms with van der Waals surface area (Å²) in [6.45, 7) is 2.09. The second-order valence-corrected chi connectivity index (χ2v) is 3.97. The summed E-state index contributed by atoms with van der Waals surface area (Å²) in [7, 11) is 0. The Labute approximate surface area is 99.5 Å². The number of rotatable bonds is 2. The first-order chi connectivity index (χ1) is 7.76. The van der Waals surface area contributed by atoms with Gasteiger partial charge in [-0.05, 0) is 18.1 Å². The van der Waals surface area contributed by atoms with Gasteiger partial charge in [0.2, 0.25) is 0 Å². The molecule has 0 aliphatic heterocycles. The smallest absolute Gasteiger partial charge is 0.134 e. The topological polar surface area (TPSA) is 36.7 Å². The van der Waals surface area contributed by atoms with Crippen LogP contribution in [0.3, 0.4) is 0 Å². The molecule has 0 amide bonds. The van der Waals surface area contributed by atoms with Gasteiger partial charge in [-0.25, -0.2) is 4.98 Å². The van der Waals surface area contributed by atoms with Crippen LogP contribution in [0.15, 0.2) is 24.3 Å². The summed E-state index contributed by atoms with van der Waals surface area (Å²) in [6, 6.07) is 10.1. The van der Waals surface area contributed by atoms with Gasteiger partial charge in [0.05, 0.1) is 18.0 Å². The van der Waals surface area contributed by atoms with E-state index in [0.717, 1.165) is 22.9 Å². The Kier molecular flexibility index (Phi) is 3.07. The zero-order chi connectivity index (χ0) is 11.5. The van der Waals surface area contributed by atoms with E-state index in [4.69, 9.17) is 16.9 Å². The third-order valence-electron chi connectivity index (χ3n) is 2.61. The third-order valence-corrected chi connectivity index (χ3v) is 2.93. The van der Waals surface area contributed by atoms with Crippen molar-refractivity contribution < 1.29 is 0 Å². The number of para-hydroxylation sites is 1. The fourth-order valence-electron chi connectivity index (χ4n) is 1.78. The molecule has 0 saturated heterocycles. The predicted octanol–water partition coefficient (Wildman–Crippen LogP) is 3.52. The van der Waals surface area contributed by atoms with Gasteiger partial charge in [0, 0.05) is 10.9 Å². The van der Waals surface area contributed by atoms with Gasteiger partial charge >= 0.3 is 0 Å². The Hall–Kier alpha value is -1.59. The minimum absolute atomic E-state index is 0.304. The highest BCUT2D eigenvalue weighted by Crippen LogP contribution is 2.23. The van der Waals surface area contributed by atoms with Crippen molar-refractivity contribution in [3.8, 4) is 6.07 Å². The number of aromatic nitrogens is 1. The SMILES string of the molecule is CCc1cccc2cc(CC#N)c(Cl)nc12. The molecule has 2 aromatic rings. The highest BCUT2D eigenvalue weighted by molar-refractivity contribution is 6.30. The molecular weight excluding hydrogens is 220 g/mol. The normalized spacial score (nSPS) is 10.3. The molecule has 2 rings (SSSR count). The van der Waals surface area contributed by atoms with Crippen LogP contribution < -0.4 is 0 Å². The van der Waals surface area contributed by atoms with Crippen LogP contribution in [-0.4, -0.2) is 4.98 Å². The largest absolute Gasteiger partial charge is 0.235 e. The van der Waals surface area contributed by atoms with Crippen LogP contribution in [0.4, 0.5) is 0 Å². The van der Waals surface area contributed by atoms with Gasteiger partial charge in [-0.3, -0.25) is 0 Å². The van der Waals surface area contributed by atoms with E-state index in [9.17, 15) is 0 Å². The maximum absolute atomic E-state index is 8.68. The molecule has 16 heavy (non-hydrogen) atoms. The van der Waals surface area contributed by atoms with Crippen LogP contribution in [0.5, 0.6) is 0 Å². The second kappa shape index (κ2) is 4.51. The number of benzene rings is 1. The molecule has 0 fully saturated rings. The number of nitrogens with zero attached hydrogens (tertiary/aromatic N) is 2. The summed E-state index contributed by atoms with van der Waals surface area (Å²) in [4.78, 5) is 4.38. The number of hydrogen-bond donors (Lipinski definition) is 0. The number of pyridine rings is 1. The van der Waals surface area contributed by atoms with Crippen molar-refractivity contribution in [3.63, 3.8) is 0 Å². The first-order valence-electron chi connectivity index (χ1n) is 5.20. The molecule has 0 saturated carbocycles. The van der Waals surface area contributed by atoms with E-state index in [-0.39, 0.29) is 0 Å². The number of hydrogen-bond acceptors (Lipinski definition) is 2. The van der Waals surface area contributed by atoms with Crippen molar-refractivity contribution in [2.24, 2.45) is 0 Å². The van der Waals surface area contributed by atoms with E-state index in [0.29, 0.717) is 11.6 Å². The molecule has 0 N–H and O–H groups in total. The Morgan fingerprint density at radius 2 is 2.19 bits per heavy atom. The van der Waals surface area contributed by atoms with E-state index < -0.39 is 0 Å². The average molecular weight is 231 g/mol. The molecule has 80 valence electrons. The minimum Gasteiger partial charge on any atom is -0.235 e. The van der Waals surface area contributed by atoms with Gasteiger partial charge < -0.3 is 0 Å². The molecule has 1 aromatic heterocycles. The number of halogens is 1. The van der Waals surface area contributed by atoms with Crippen molar-refractivity contribution >= 4 is 22.5 Å². The van der Waals surface area contributed by atoms with Crippen LogP contribution in [0, 0.1) is 11.3 Å². The molecular formula is C13H11ClN2. The fourth-order valence-corrected chi connectivity index (χ4v) is 1.98. The number of nitriles is 1. The maximum atomic E-state index is 8.68. The standard InChI is InChI=1S/C13H11ClN2/c1-2-9-4-3-5-10-8-11(6-7-15)13(14)16-12(9)10/h3-5,8H,2,6H2,1H3. The first-order valence-corrected chi connectivity index (χ1v) is 5.58. The van der Waals surface area contributed by atoms with Gasteiger partial charge in [0.1, 0.15) is 5.15 Å². The Balaban J connectivity index is 2.69. The summed E-state index contributed by atoms with van der Waals surface area (Å²) < 4.78 is 0. The van der Waals surface area contributed by atoms with Gasteiger partial charge in [0.25, 0.3) is 0 Å². The fraction of sp³-hybridized carbons (Fsp3) is 0.231. The van der Waals surface area contributed by atoms with E-state index in [1.165, 1.54) is 5.56 Å². The van der Waals surface area contributed by atoms with Crippen LogP contribution in [-0.2, 0) is 12.8 Å². The van der Waals surface area contributed by atoms with Gasteiger partial charge in [-0.15, -0.1) is 0 Å². The summed E-state index contributed by atoms with van der Waals surface area (Å²) in [6.07, 6.45) is 1.23. The highest BCUT2D eigenvalue weighted by Gasteiger charge is 2.06. The van der Waals surface area contributed by atoms with Crippen LogP contribution >= 0.6 is 11.6 Å². The minimum atomic E-state index is 0.304. The van der Waals surface area contributed by atoms with Gasteiger partial charge in [0.15, 0.2) is 0 Å². The summed E-state index contributed by atoms with van der Waals surface area (Å²) in [5, 5.41) is 10.2. The monoisotopic (exact) mass is 230 g/mol. The lowest BCUT2D eigenvalue weighted by molar-refractivity contribution is 1.14. The molecule has 2 nitrogen and oxygen atoms in total. The molecule has 0 unspecified atom stereocenters. The van der Waals surface area contributed by atoms with E-state index in [1.54, 1.807) is 0 Å². The van der Waals surface area contributed by atoms with Gasteiger partial charge in [-0.1, -0.05) is 36.7 Å². The van der Waals surface area contributed by atoms with Crippen LogP contribution in [0.2, 0.25) is 5.15 Å². The lowest BCUT2D eigenvalue weighted by atomic mass is 10.1. The van der Waals surface area contributed by atoms with Crippen molar-refractivity contribution in [2.75, 3.05) is 0 Å². The molecule has 0 aliphatic rings. The lowest BCUT2D eigenvalue weighted by Crippen LogP contribution is -1.92. The molecule has 0 spiro atoms. The molecule has 0 radical (unpaired) electrons. The Morgan fingerprint density at radius 1 is 1.38 bits per heavy atom. The van der Waals surface area contributed by atoms with Crippen molar-refractivity contribution in [1.29, 1.82) is 5.26 Å². The van der Waals surface area contributed by atoms with E-state index in [2.05, 4.69) is 24.0 Å². The highest BCUT2D eigenvalue weighted by atomic mass is 35.5. The zero-order valence-electron chi connectivity index (χ0n) is 9.00. The van der Waals surface area contributed by atoms with Crippen molar-refractivity contribution in [1.82, 2.24) is 4.98 Å². The second-order valence-electron chi connectivity index (χ2n) is 3.62. The third kappa shape index (κ3) is 1.87. The molecule has 1 aromatic carbocycles. The van der Waals surface area contributed by atoms with Crippen molar-refractivity contribution in [3.05, 3.63) is 40.5 Å². The maximum Gasteiger partial charge on any atom is 0.134 e. The van der Waals surface area contributed by atoms with Crippen LogP contribution in [0.25, 0.3) is 10.9 Å². The van der Waals surface area contributed by atoms with Crippen LogP contribution in [0.1, 0.15) is 18.1 Å². The molecule has 3 heteroatoms. The van der Waals surface area contributed by atoms with Crippen molar-refractivity contribution in [2.45, 2.75) is 19.8 Å². The van der Waals surface area contributed by atoms with E-state index in [1.807, 2.05) is 18.2 Å². The van der Waals surface area contributed by atoms with Gasteiger partial charge in [-0.2, -0.15) is 5.26 Å². The lowest BCUT2D eigenvalue weighted by Gasteiger charge is -2.06. The number of aryl methyl sites for hydroxylation is 1. The Morgan fingerprint density at radius 3 is 2.88 bits per heavy atom. The molecule has 0 atom stereocenters. The predicted molar refractivity (Wildman–Crippen MR) is 65.4 cm³/mol. The number of fused-ring (bicyclic) bond motifs is 1. The van der Waals surface area contributed by atoms with E-state index >= 15 is 0 Å².